The average Bonchev–Trinajstić information content (AvgIpc) is 3.07. The molecule has 1 saturated carbocycles. The minimum Gasteiger partial charge on any atom is -0.380 e. The zero-order chi connectivity index (χ0) is 14.2. The van der Waals surface area contributed by atoms with Crippen LogP contribution in [0.25, 0.3) is 10.4 Å². The highest BCUT2D eigenvalue weighted by Crippen LogP contribution is 2.50. The predicted molar refractivity (Wildman–Crippen MR) is 83.8 cm³/mol. The Morgan fingerprint density at radius 2 is 2.15 bits per heavy atom. The normalized spacial score (nSPS) is 17.9. The second-order valence-electron chi connectivity index (χ2n) is 6.33. The van der Waals surface area contributed by atoms with Crippen molar-refractivity contribution in [2.24, 2.45) is 5.92 Å². The molecule has 0 saturated heterocycles. The van der Waals surface area contributed by atoms with E-state index in [1.165, 1.54) is 30.6 Å². The molecule has 0 radical (unpaired) electrons. The van der Waals surface area contributed by atoms with Crippen LogP contribution in [0, 0.1) is 5.92 Å². The summed E-state index contributed by atoms with van der Waals surface area (Å²) in [5, 5.41) is 6.16. The van der Waals surface area contributed by atoms with Gasteiger partial charge in [0, 0.05) is 10.3 Å². The molecule has 0 aromatic carbocycles. The third-order valence-electron chi connectivity index (χ3n) is 4.33. The standard InChI is InChI=1S/C16H22N2OS/c1-11(2)10-16(7-3-4-8-16)14-13(15(17)18-19-14)12-6-5-9-20-12/h5-6,9,11H,3-4,7-8,10H2,1-2H3,(H2,17,18). The molecule has 3 nitrogen and oxygen atoms in total. The van der Waals surface area contributed by atoms with E-state index < -0.39 is 0 Å². The number of nitrogen functional groups attached to an aromatic ring is 1. The Kier molecular flexibility index (Phi) is 3.59. The van der Waals surface area contributed by atoms with Crippen molar-refractivity contribution in [2.75, 3.05) is 5.73 Å². The van der Waals surface area contributed by atoms with E-state index in [0.29, 0.717) is 11.7 Å². The van der Waals surface area contributed by atoms with Gasteiger partial charge in [0.05, 0.1) is 5.56 Å². The summed E-state index contributed by atoms with van der Waals surface area (Å²) >= 11 is 1.71. The Morgan fingerprint density at radius 1 is 1.40 bits per heavy atom. The summed E-state index contributed by atoms with van der Waals surface area (Å²) in [5.74, 6) is 2.22. The van der Waals surface area contributed by atoms with Gasteiger partial charge in [-0.2, -0.15) is 0 Å². The minimum atomic E-state index is 0.137. The van der Waals surface area contributed by atoms with Crippen molar-refractivity contribution in [2.45, 2.75) is 51.4 Å². The number of hydrogen-bond acceptors (Lipinski definition) is 4. The molecule has 0 spiro atoms. The topological polar surface area (TPSA) is 52.0 Å². The number of anilines is 1. The monoisotopic (exact) mass is 290 g/mol. The minimum absolute atomic E-state index is 0.137. The van der Waals surface area contributed by atoms with E-state index in [1.54, 1.807) is 11.3 Å². The van der Waals surface area contributed by atoms with Gasteiger partial charge < -0.3 is 10.3 Å². The van der Waals surface area contributed by atoms with Crippen LogP contribution in [-0.4, -0.2) is 5.16 Å². The fourth-order valence-electron chi connectivity index (χ4n) is 3.68. The Hall–Kier alpha value is -1.29. The molecule has 20 heavy (non-hydrogen) atoms. The third kappa shape index (κ3) is 2.26. The van der Waals surface area contributed by atoms with Gasteiger partial charge in [-0.15, -0.1) is 11.3 Å². The molecule has 4 heteroatoms. The molecule has 108 valence electrons. The second-order valence-corrected chi connectivity index (χ2v) is 7.28. The van der Waals surface area contributed by atoms with Crippen LogP contribution in [0.5, 0.6) is 0 Å². The first-order valence-corrected chi connectivity index (χ1v) is 8.30. The van der Waals surface area contributed by atoms with Gasteiger partial charge in [0.1, 0.15) is 0 Å². The largest absolute Gasteiger partial charge is 0.380 e. The van der Waals surface area contributed by atoms with Gasteiger partial charge in [0.25, 0.3) is 0 Å². The van der Waals surface area contributed by atoms with Crippen LogP contribution >= 0.6 is 11.3 Å². The van der Waals surface area contributed by atoms with Gasteiger partial charge in [-0.05, 0) is 36.6 Å². The number of hydrogen-bond donors (Lipinski definition) is 1. The van der Waals surface area contributed by atoms with E-state index >= 15 is 0 Å². The van der Waals surface area contributed by atoms with E-state index in [4.69, 9.17) is 10.3 Å². The van der Waals surface area contributed by atoms with Crippen LogP contribution in [0.1, 0.15) is 51.7 Å². The zero-order valence-corrected chi connectivity index (χ0v) is 13.0. The Labute approximate surface area is 124 Å². The van der Waals surface area contributed by atoms with Crippen molar-refractivity contribution >= 4 is 17.2 Å². The number of nitrogens with two attached hydrogens (primary N) is 1. The second kappa shape index (κ2) is 5.24. The van der Waals surface area contributed by atoms with Crippen LogP contribution < -0.4 is 5.73 Å². The molecule has 0 amide bonds. The molecular weight excluding hydrogens is 268 g/mol. The summed E-state index contributed by atoms with van der Waals surface area (Å²) in [4.78, 5) is 1.17. The van der Waals surface area contributed by atoms with Crippen LogP contribution in [0.2, 0.25) is 0 Å². The van der Waals surface area contributed by atoms with Crippen molar-refractivity contribution < 1.29 is 4.52 Å². The third-order valence-corrected chi connectivity index (χ3v) is 5.21. The van der Waals surface area contributed by atoms with E-state index in [0.717, 1.165) is 17.7 Å². The van der Waals surface area contributed by atoms with Gasteiger partial charge in [-0.1, -0.05) is 37.9 Å². The summed E-state index contributed by atoms with van der Waals surface area (Å²) in [7, 11) is 0. The molecule has 0 aliphatic heterocycles. The van der Waals surface area contributed by atoms with Gasteiger partial charge in [0.15, 0.2) is 11.6 Å². The summed E-state index contributed by atoms with van der Waals surface area (Å²) in [6.07, 6.45) is 6.09. The summed E-state index contributed by atoms with van der Waals surface area (Å²) < 4.78 is 5.74. The molecule has 2 aromatic heterocycles. The molecule has 3 rings (SSSR count). The molecule has 0 unspecified atom stereocenters. The van der Waals surface area contributed by atoms with Gasteiger partial charge >= 0.3 is 0 Å². The first kappa shape index (κ1) is 13.7. The maximum absolute atomic E-state index is 6.09. The Balaban J connectivity index is 2.09. The summed E-state index contributed by atoms with van der Waals surface area (Å²) in [6, 6.07) is 4.16. The average molecular weight is 290 g/mol. The number of aromatic nitrogens is 1. The van der Waals surface area contributed by atoms with Crippen LogP contribution in [0.15, 0.2) is 22.0 Å². The lowest BCUT2D eigenvalue weighted by Crippen LogP contribution is -2.24. The molecule has 1 fully saturated rings. The first-order chi connectivity index (χ1) is 9.62. The quantitative estimate of drug-likeness (QED) is 0.876. The van der Waals surface area contributed by atoms with E-state index in [9.17, 15) is 0 Å². The molecule has 2 N–H and O–H groups in total. The molecule has 0 atom stereocenters. The molecule has 2 heterocycles. The molecular formula is C16H22N2OS. The highest BCUT2D eigenvalue weighted by molar-refractivity contribution is 7.13. The summed E-state index contributed by atoms with van der Waals surface area (Å²) in [6.45, 7) is 4.56. The maximum atomic E-state index is 6.09. The first-order valence-electron chi connectivity index (χ1n) is 7.42. The Morgan fingerprint density at radius 3 is 2.75 bits per heavy atom. The van der Waals surface area contributed by atoms with E-state index in [-0.39, 0.29) is 5.41 Å². The smallest absolute Gasteiger partial charge is 0.175 e. The van der Waals surface area contributed by atoms with E-state index in [1.807, 2.05) is 0 Å². The maximum Gasteiger partial charge on any atom is 0.175 e. The SMILES string of the molecule is CC(C)CC1(c2onc(N)c2-c2cccs2)CCCC1. The van der Waals surface area contributed by atoms with Crippen LogP contribution in [-0.2, 0) is 5.41 Å². The number of rotatable bonds is 4. The molecule has 1 aliphatic rings. The van der Waals surface area contributed by atoms with Gasteiger partial charge in [0.2, 0.25) is 0 Å². The highest BCUT2D eigenvalue weighted by Gasteiger charge is 2.42. The van der Waals surface area contributed by atoms with Gasteiger partial charge in [-0.3, -0.25) is 0 Å². The fraction of sp³-hybridized carbons (Fsp3) is 0.562. The van der Waals surface area contributed by atoms with Crippen LogP contribution in [0.3, 0.4) is 0 Å². The van der Waals surface area contributed by atoms with Crippen molar-refractivity contribution in [3.05, 3.63) is 23.3 Å². The van der Waals surface area contributed by atoms with Gasteiger partial charge in [-0.25, -0.2) is 0 Å². The molecule has 0 bridgehead atoms. The summed E-state index contributed by atoms with van der Waals surface area (Å²) in [5.41, 5.74) is 7.27. The fourth-order valence-corrected chi connectivity index (χ4v) is 4.46. The Bertz CT molecular complexity index is 565. The van der Waals surface area contributed by atoms with Crippen LogP contribution in [0.4, 0.5) is 5.82 Å². The lowest BCUT2D eigenvalue weighted by Gasteiger charge is -2.29. The lowest BCUT2D eigenvalue weighted by atomic mass is 9.75. The highest BCUT2D eigenvalue weighted by atomic mass is 32.1. The predicted octanol–water partition coefficient (Wildman–Crippen LogP) is 4.84. The van der Waals surface area contributed by atoms with Crippen molar-refractivity contribution in [3.8, 4) is 10.4 Å². The van der Waals surface area contributed by atoms with Crippen molar-refractivity contribution in [1.29, 1.82) is 0 Å². The number of nitrogens with zero attached hydrogens (tertiary/aromatic N) is 1. The number of thiophene rings is 1. The zero-order valence-electron chi connectivity index (χ0n) is 12.2. The lowest BCUT2D eigenvalue weighted by molar-refractivity contribution is 0.254. The molecule has 1 aliphatic carbocycles. The van der Waals surface area contributed by atoms with E-state index in [2.05, 4.69) is 36.5 Å². The van der Waals surface area contributed by atoms with Crippen molar-refractivity contribution in [1.82, 2.24) is 5.16 Å². The van der Waals surface area contributed by atoms with Crippen molar-refractivity contribution in [3.63, 3.8) is 0 Å². The molecule has 2 aromatic rings.